The van der Waals surface area contributed by atoms with Gasteiger partial charge in [0.2, 0.25) is 5.91 Å². The van der Waals surface area contributed by atoms with Crippen molar-refractivity contribution in [3.8, 4) is 0 Å². The van der Waals surface area contributed by atoms with Crippen LogP contribution in [0.2, 0.25) is 0 Å². The van der Waals surface area contributed by atoms with Crippen LogP contribution in [0.5, 0.6) is 0 Å². The van der Waals surface area contributed by atoms with Gasteiger partial charge in [-0.1, -0.05) is 13.8 Å². The Morgan fingerprint density at radius 3 is 2.92 bits per heavy atom. The fraction of sp³-hybridized carbons (Fsp3) is 0.889. The van der Waals surface area contributed by atoms with Gasteiger partial charge >= 0.3 is 5.97 Å². The number of piperidine rings is 1. The lowest BCUT2D eigenvalue weighted by Gasteiger charge is -2.45. The molecule has 1 amide bonds. The van der Waals surface area contributed by atoms with Crippen LogP contribution in [0.1, 0.15) is 39.5 Å². The number of carbonyl (C=O) groups excluding carboxylic acids is 2. The smallest absolute Gasteiger partial charge is 0.309 e. The molecule has 0 radical (unpaired) electrons. The Morgan fingerprint density at radius 1 is 1.40 bits per heavy atom. The molecule has 7 unspecified atom stereocenters. The average molecular weight is 373 g/mol. The van der Waals surface area contributed by atoms with Gasteiger partial charge in [-0.2, -0.15) is 0 Å². The quantitative estimate of drug-likeness (QED) is 0.577. The van der Waals surface area contributed by atoms with Gasteiger partial charge in [0, 0.05) is 24.9 Å². The molecule has 7 atom stereocenters. The third-order valence-electron chi connectivity index (χ3n) is 6.04. The molecule has 0 aromatic heterocycles. The van der Waals surface area contributed by atoms with Gasteiger partial charge in [0.1, 0.15) is 12.7 Å². The molecule has 3 fully saturated rings. The molecule has 0 spiro atoms. The van der Waals surface area contributed by atoms with Crippen molar-refractivity contribution in [2.45, 2.75) is 63.2 Å². The zero-order chi connectivity index (χ0) is 18.0. The van der Waals surface area contributed by atoms with Crippen molar-refractivity contribution >= 4 is 23.5 Å². The van der Waals surface area contributed by atoms with E-state index in [1.807, 2.05) is 6.92 Å². The summed E-state index contributed by atoms with van der Waals surface area (Å²) in [6.45, 7) is 5.83. The first-order chi connectivity index (χ1) is 12.0. The number of nitrogens with one attached hydrogen (secondary N) is 2. The number of halogens is 1. The van der Waals surface area contributed by atoms with Gasteiger partial charge in [0.05, 0.1) is 17.4 Å². The minimum absolute atomic E-state index is 0.00166. The first-order valence-electron chi connectivity index (χ1n) is 9.42. The zero-order valence-electron chi connectivity index (χ0n) is 15.0. The Hall–Kier alpha value is -0.850. The van der Waals surface area contributed by atoms with Gasteiger partial charge in [-0.25, -0.2) is 0 Å². The van der Waals surface area contributed by atoms with Gasteiger partial charge in [0.15, 0.2) is 0 Å². The first kappa shape index (κ1) is 18.9. The maximum Gasteiger partial charge on any atom is 0.309 e. The third kappa shape index (κ3) is 4.47. The minimum Gasteiger partial charge on any atom is -0.462 e. The minimum atomic E-state index is -0.258. The molecule has 0 aromatic rings. The molecule has 3 aliphatic rings. The summed E-state index contributed by atoms with van der Waals surface area (Å²) in [5, 5.41) is 6.11. The van der Waals surface area contributed by atoms with Crippen molar-refractivity contribution in [3.63, 3.8) is 0 Å². The van der Waals surface area contributed by atoms with Crippen LogP contribution >= 0.6 is 11.6 Å². The highest BCUT2D eigenvalue weighted by molar-refractivity contribution is 6.21. The molecule has 2 N–H and O–H groups in total. The lowest BCUT2D eigenvalue weighted by Crippen LogP contribution is -2.52. The lowest BCUT2D eigenvalue weighted by atomic mass is 9.71. The molecular formula is C18H29ClN2O4. The van der Waals surface area contributed by atoms with E-state index in [0.29, 0.717) is 6.42 Å². The van der Waals surface area contributed by atoms with E-state index in [0.717, 1.165) is 32.4 Å². The van der Waals surface area contributed by atoms with Crippen LogP contribution in [0.4, 0.5) is 0 Å². The maximum atomic E-state index is 12.1. The third-order valence-corrected chi connectivity index (χ3v) is 6.50. The number of rotatable bonds is 4. The summed E-state index contributed by atoms with van der Waals surface area (Å²) in [4.78, 5) is 24.1. The molecule has 25 heavy (non-hydrogen) atoms. The summed E-state index contributed by atoms with van der Waals surface area (Å²) >= 11 is 6.52. The molecule has 6 nitrogen and oxygen atoms in total. The van der Waals surface area contributed by atoms with E-state index < -0.39 is 0 Å². The van der Waals surface area contributed by atoms with Crippen molar-refractivity contribution in [2.75, 3.05) is 19.7 Å². The van der Waals surface area contributed by atoms with Crippen LogP contribution in [0.3, 0.4) is 0 Å². The summed E-state index contributed by atoms with van der Waals surface area (Å²) in [6.07, 6.45) is 2.99. The van der Waals surface area contributed by atoms with Crippen LogP contribution in [-0.4, -0.2) is 55.2 Å². The van der Waals surface area contributed by atoms with Gasteiger partial charge in [-0.15, -0.1) is 11.6 Å². The molecule has 2 aliphatic heterocycles. The summed E-state index contributed by atoms with van der Waals surface area (Å²) in [6, 6.07) is 0.175. The number of carbonyl (C=O) groups is 2. The summed E-state index contributed by atoms with van der Waals surface area (Å²) in [7, 11) is 0. The standard InChI is InChI=1S/C18H29ClN2O4/c1-10-11(2)18(23)25-15-7-16(14(19)6-13(10)15)24-9-17(22)21-12-4-3-5-20-8-12/h10-16,20H,3-9H2,1-2H3,(H,21,22). The second kappa shape index (κ2) is 8.23. The second-order valence-corrected chi connectivity index (χ2v) is 8.30. The molecule has 7 heteroatoms. The number of esters is 1. The van der Waals surface area contributed by atoms with Crippen LogP contribution in [0.25, 0.3) is 0 Å². The summed E-state index contributed by atoms with van der Waals surface area (Å²) in [5.74, 6) is 0.204. The molecule has 142 valence electrons. The van der Waals surface area contributed by atoms with E-state index in [4.69, 9.17) is 21.1 Å². The largest absolute Gasteiger partial charge is 0.462 e. The second-order valence-electron chi connectivity index (χ2n) is 7.73. The van der Waals surface area contributed by atoms with Crippen LogP contribution in [-0.2, 0) is 19.1 Å². The van der Waals surface area contributed by atoms with E-state index in [1.54, 1.807) is 0 Å². The van der Waals surface area contributed by atoms with Gasteiger partial charge in [0.25, 0.3) is 0 Å². The van der Waals surface area contributed by atoms with E-state index in [9.17, 15) is 9.59 Å². The molecule has 2 saturated heterocycles. The number of fused-ring (bicyclic) bond motifs is 1. The zero-order valence-corrected chi connectivity index (χ0v) is 15.8. The number of hydrogen-bond donors (Lipinski definition) is 2. The van der Waals surface area contributed by atoms with Gasteiger partial charge in [-0.05, 0) is 31.7 Å². The topological polar surface area (TPSA) is 76.7 Å². The van der Waals surface area contributed by atoms with Gasteiger partial charge in [-0.3, -0.25) is 9.59 Å². The lowest BCUT2D eigenvalue weighted by molar-refractivity contribution is -0.179. The summed E-state index contributed by atoms with van der Waals surface area (Å²) < 4.78 is 11.4. The first-order valence-corrected chi connectivity index (χ1v) is 9.85. The van der Waals surface area contributed by atoms with Gasteiger partial charge < -0.3 is 20.1 Å². The number of ether oxygens (including phenoxy) is 2. The van der Waals surface area contributed by atoms with Crippen LogP contribution < -0.4 is 10.6 Å². The van der Waals surface area contributed by atoms with Crippen molar-refractivity contribution < 1.29 is 19.1 Å². The van der Waals surface area contributed by atoms with E-state index in [1.165, 1.54) is 0 Å². The molecular weight excluding hydrogens is 344 g/mol. The highest BCUT2D eigenvalue weighted by Crippen LogP contribution is 2.42. The molecule has 3 rings (SSSR count). The number of alkyl halides is 1. The Bertz CT molecular complexity index is 497. The van der Waals surface area contributed by atoms with Crippen molar-refractivity contribution in [1.29, 1.82) is 0 Å². The Kier molecular flexibility index (Phi) is 6.23. The van der Waals surface area contributed by atoms with Crippen LogP contribution in [0.15, 0.2) is 0 Å². The molecule has 0 bridgehead atoms. The molecule has 1 aliphatic carbocycles. The summed E-state index contributed by atoms with van der Waals surface area (Å²) in [5.41, 5.74) is 0. The molecule has 1 saturated carbocycles. The Morgan fingerprint density at radius 2 is 2.20 bits per heavy atom. The van der Waals surface area contributed by atoms with E-state index in [2.05, 4.69) is 17.6 Å². The Labute approximate surface area is 154 Å². The Balaban J connectivity index is 1.48. The maximum absolute atomic E-state index is 12.1. The van der Waals surface area contributed by atoms with Crippen molar-refractivity contribution in [3.05, 3.63) is 0 Å². The highest BCUT2D eigenvalue weighted by Gasteiger charge is 2.47. The molecule has 0 aromatic carbocycles. The number of hydrogen-bond acceptors (Lipinski definition) is 5. The SMILES string of the molecule is CC1C(=O)OC2CC(OCC(=O)NC3CCCNC3)C(Cl)CC2C1C. The van der Waals surface area contributed by atoms with E-state index in [-0.39, 0.29) is 59.9 Å². The average Bonchev–Trinajstić information content (AvgIpc) is 2.60. The fourth-order valence-electron chi connectivity index (χ4n) is 4.25. The predicted molar refractivity (Wildman–Crippen MR) is 94.3 cm³/mol. The van der Waals surface area contributed by atoms with E-state index >= 15 is 0 Å². The van der Waals surface area contributed by atoms with Crippen molar-refractivity contribution in [2.24, 2.45) is 17.8 Å². The molecule has 2 heterocycles. The normalized spacial score (nSPS) is 41.6. The number of amides is 1. The van der Waals surface area contributed by atoms with Crippen molar-refractivity contribution in [1.82, 2.24) is 10.6 Å². The monoisotopic (exact) mass is 372 g/mol. The fourth-order valence-corrected chi connectivity index (χ4v) is 4.63. The highest BCUT2D eigenvalue weighted by atomic mass is 35.5. The predicted octanol–water partition coefficient (Wildman–Crippen LogP) is 1.45. The van der Waals surface area contributed by atoms with Crippen LogP contribution in [0, 0.1) is 17.8 Å².